The molecule has 0 unspecified atom stereocenters. The number of aliphatic hydroxyl groups excluding tert-OH is 1. The molecule has 1 aromatic rings. The zero-order chi connectivity index (χ0) is 9.97. The molecule has 2 rings (SSSR count). The van der Waals surface area contributed by atoms with Gasteiger partial charge in [0.15, 0.2) is 0 Å². The summed E-state index contributed by atoms with van der Waals surface area (Å²) in [5.74, 6) is 0.863. The van der Waals surface area contributed by atoms with Crippen molar-refractivity contribution in [1.29, 1.82) is 0 Å². The largest absolute Gasteiger partial charge is 0.488 e. The predicted octanol–water partition coefficient (Wildman–Crippen LogP) is 2.29. The van der Waals surface area contributed by atoms with Gasteiger partial charge >= 0.3 is 0 Å². The van der Waals surface area contributed by atoms with Crippen LogP contribution < -0.4 is 4.74 Å². The second-order valence-corrected chi connectivity index (χ2v) is 3.97. The van der Waals surface area contributed by atoms with Crippen LogP contribution in [0.5, 0.6) is 5.75 Å². The molecule has 0 amide bonds. The Morgan fingerprint density at radius 2 is 1.93 bits per heavy atom. The molecule has 76 valence electrons. The van der Waals surface area contributed by atoms with Gasteiger partial charge in [-0.1, -0.05) is 17.7 Å². The number of hydrogen-bond acceptors (Lipinski definition) is 2. The monoisotopic (exact) mass is 192 g/mol. The quantitative estimate of drug-likeness (QED) is 0.779. The van der Waals surface area contributed by atoms with E-state index in [0.29, 0.717) is 0 Å². The molecule has 0 heterocycles. The summed E-state index contributed by atoms with van der Waals surface area (Å²) in [7, 11) is 0. The third-order valence-electron chi connectivity index (χ3n) is 2.73. The molecule has 1 aromatic carbocycles. The van der Waals surface area contributed by atoms with Gasteiger partial charge in [0.2, 0.25) is 0 Å². The van der Waals surface area contributed by atoms with Crippen molar-refractivity contribution in [2.45, 2.75) is 38.4 Å². The molecule has 14 heavy (non-hydrogen) atoms. The summed E-state index contributed by atoms with van der Waals surface area (Å²) >= 11 is 0. The molecular weight excluding hydrogens is 176 g/mol. The van der Waals surface area contributed by atoms with Crippen molar-refractivity contribution in [3.05, 3.63) is 29.8 Å². The molecule has 1 aliphatic rings. The van der Waals surface area contributed by atoms with E-state index in [2.05, 4.69) is 0 Å². The molecule has 1 saturated carbocycles. The van der Waals surface area contributed by atoms with E-state index in [-0.39, 0.29) is 12.2 Å². The highest BCUT2D eigenvalue weighted by Gasteiger charge is 2.26. The van der Waals surface area contributed by atoms with E-state index in [1.807, 2.05) is 31.2 Å². The van der Waals surface area contributed by atoms with E-state index in [0.717, 1.165) is 25.0 Å². The molecule has 0 saturated heterocycles. The van der Waals surface area contributed by atoms with Crippen molar-refractivity contribution >= 4 is 0 Å². The third-order valence-corrected chi connectivity index (χ3v) is 2.73. The highest BCUT2D eigenvalue weighted by Crippen LogP contribution is 2.24. The van der Waals surface area contributed by atoms with Gasteiger partial charge in [-0.15, -0.1) is 0 Å². The van der Waals surface area contributed by atoms with Crippen LogP contribution in [0.1, 0.15) is 24.8 Å². The van der Waals surface area contributed by atoms with Gasteiger partial charge in [-0.2, -0.15) is 0 Å². The Bertz CT molecular complexity index is 292. The van der Waals surface area contributed by atoms with Gasteiger partial charge in [0.1, 0.15) is 11.9 Å². The minimum absolute atomic E-state index is 0.00212. The first-order valence-corrected chi connectivity index (χ1v) is 5.17. The fourth-order valence-corrected chi connectivity index (χ4v) is 1.84. The summed E-state index contributed by atoms with van der Waals surface area (Å²) in [6.45, 7) is 2.05. The lowest BCUT2D eigenvalue weighted by Gasteiger charge is -2.16. The van der Waals surface area contributed by atoms with Crippen LogP contribution in [-0.4, -0.2) is 17.3 Å². The van der Waals surface area contributed by atoms with E-state index >= 15 is 0 Å². The van der Waals surface area contributed by atoms with E-state index in [1.54, 1.807) is 0 Å². The minimum atomic E-state index is -0.281. The molecular formula is C12H16O2. The number of rotatable bonds is 2. The Hall–Kier alpha value is -1.02. The zero-order valence-electron chi connectivity index (χ0n) is 8.44. The van der Waals surface area contributed by atoms with E-state index < -0.39 is 0 Å². The first-order chi connectivity index (χ1) is 6.75. The SMILES string of the molecule is Cc1ccc(O[C@H]2CCC[C@@H]2O)cc1. The van der Waals surface area contributed by atoms with Crippen LogP contribution in [0.15, 0.2) is 24.3 Å². The molecule has 0 bridgehead atoms. The Balaban J connectivity index is 2.00. The number of hydrogen-bond donors (Lipinski definition) is 1. The molecule has 2 heteroatoms. The third kappa shape index (κ3) is 2.07. The lowest BCUT2D eigenvalue weighted by molar-refractivity contribution is 0.0604. The highest BCUT2D eigenvalue weighted by molar-refractivity contribution is 5.26. The van der Waals surface area contributed by atoms with Crippen LogP contribution in [-0.2, 0) is 0 Å². The first-order valence-electron chi connectivity index (χ1n) is 5.17. The maximum Gasteiger partial charge on any atom is 0.124 e. The molecule has 0 radical (unpaired) electrons. The van der Waals surface area contributed by atoms with Crippen molar-refractivity contribution in [3.63, 3.8) is 0 Å². The molecule has 0 aromatic heterocycles. The van der Waals surface area contributed by atoms with E-state index in [9.17, 15) is 5.11 Å². The lowest BCUT2D eigenvalue weighted by atomic mass is 10.2. The average Bonchev–Trinajstić information content (AvgIpc) is 2.56. The second kappa shape index (κ2) is 4.01. The van der Waals surface area contributed by atoms with Crippen LogP contribution in [0.4, 0.5) is 0 Å². The van der Waals surface area contributed by atoms with Crippen LogP contribution >= 0.6 is 0 Å². The topological polar surface area (TPSA) is 29.5 Å². The summed E-state index contributed by atoms with van der Waals surface area (Å²) in [4.78, 5) is 0. The summed E-state index contributed by atoms with van der Waals surface area (Å²) in [5, 5.41) is 9.58. The summed E-state index contributed by atoms with van der Waals surface area (Å²) < 4.78 is 5.69. The van der Waals surface area contributed by atoms with Crippen LogP contribution in [0, 0.1) is 6.92 Å². The van der Waals surface area contributed by atoms with Gasteiger partial charge in [-0.25, -0.2) is 0 Å². The smallest absolute Gasteiger partial charge is 0.124 e. The predicted molar refractivity (Wildman–Crippen MR) is 55.5 cm³/mol. The Morgan fingerprint density at radius 3 is 2.50 bits per heavy atom. The van der Waals surface area contributed by atoms with Crippen molar-refractivity contribution < 1.29 is 9.84 Å². The van der Waals surface area contributed by atoms with Crippen LogP contribution in [0.25, 0.3) is 0 Å². The van der Waals surface area contributed by atoms with Gasteiger partial charge < -0.3 is 9.84 Å². The summed E-state index contributed by atoms with van der Waals surface area (Å²) in [6.07, 6.45) is 2.62. The average molecular weight is 192 g/mol. The Kier molecular flexibility index (Phi) is 2.73. The molecule has 2 nitrogen and oxygen atoms in total. The van der Waals surface area contributed by atoms with Crippen molar-refractivity contribution in [2.75, 3.05) is 0 Å². The van der Waals surface area contributed by atoms with E-state index in [4.69, 9.17) is 4.74 Å². The number of aliphatic hydroxyl groups is 1. The normalized spacial score (nSPS) is 26.4. The Labute approximate surface area is 84.5 Å². The molecule has 0 spiro atoms. The molecule has 1 fully saturated rings. The number of ether oxygens (including phenoxy) is 1. The maximum atomic E-state index is 9.58. The maximum absolute atomic E-state index is 9.58. The zero-order valence-corrected chi connectivity index (χ0v) is 8.44. The molecule has 1 aliphatic carbocycles. The Morgan fingerprint density at radius 1 is 1.21 bits per heavy atom. The van der Waals surface area contributed by atoms with E-state index in [1.165, 1.54) is 5.56 Å². The standard InChI is InChI=1S/C12H16O2/c1-9-5-7-10(8-6-9)14-12-4-2-3-11(12)13/h5-8,11-13H,2-4H2,1H3/t11-,12-/m0/s1. The fraction of sp³-hybridized carbons (Fsp3) is 0.500. The van der Waals surface area contributed by atoms with Gasteiger partial charge in [0, 0.05) is 0 Å². The summed E-state index contributed by atoms with van der Waals surface area (Å²) in [5.41, 5.74) is 1.23. The minimum Gasteiger partial charge on any atom is -0.488 e. The summed E-state index contributed by atoms with van der Waals surface area (Å²) in [6, 6.07) is 7.97. The van der Waals surface area contributed by atoms with Gasteiger partial charge in [0.25, 0.3) is 0 Å². The van der Waals surface area contributed by atoms with Gasteiger partial charge in [0.05, 0.1) is 6.10 Å². The molecule has 0 aliphatic heterocycles. The fourth-order valence-electron chi connectivity index (χ4n) is 1.84. The first kappa shape index (κ1) is 9.53. The molecule has 1 N–H and O–H groups in total. The van der Waals surface area contributed by atoms with Crippen LogP contribution in [0.3, 0.4) is 0 Å². The number of benzene rings is 1. The molecule has 2 atom stereocenters. The highest BCUT2D eigenvalue weighted by atomic mass is 16.5. The van der Waals surface area contributed by atoms with Gasteiger partial charge in [-0.3, -0.25) is 0 Å². The number of aryl methyl sites for hydroxylation is 1. The van der Waals surface area contributed by atoms with Gasteiger partial charge in [-0.05, 0) is 38.3 Å². The van der Waals surface area contributed by atoms with Crippen molar-refractivity contribution in [2.24, 2.45) is 0 Å². The van der Waals surface area contributed by atoms with Crippen molar-refractivity contribution in [3.8, 4) is 5.75 Å². The lowest BCUT2D eigenvalue weighted by Crippen LogP contribution is -2.25. The van der Waals surface area contributed by atoms with Crippen molar-refractivity contribution in [1.82, 2.24) is 0 Å². The van der Waals surface area contributed by atoms with Crippen LogP contribution in [0.2, 0.25) is 0 Å². The second-order valence-electron chi connectivity index (χ2n) is 3.97.